The van der Waals surface area contributed by atoms with E-state index in [1.54, 1.807) is 0 Å². The maximum absolute atomic E-state index is 12.0. The largest absolute Gasteiger partial charge is 0.446 e. The third kappa shape index (κ3) is 3.34. The molecule has 0 N–H and O–H groups in total. The standard InChI is InChI=1S/C6H2BrF3N2O2S/c7-5-3(12(13)14)1-11-2-4(5)15-6(8,9)10/h1-2H. The summed E-state index contributed by atoms with van der Waals surface area (Å²) in [7, 11) is 0. The minimum Gasteiger partial charge on any atom is -0.258 e. The van der Waals surface area contributed by atoms with Gasteiger partial charge in [-0.2, -0.15) is 13.2 Å². The van der Waals surface area contributed by atoms with Gasteiger partial charge in [-0.15, -0.1) is 0 Å². The number of pyridine rings is 1. The highest BCUT2D eigenvalue weighted by molar-refractivity contribution is 9.10. The van der Waals surface area contributed by atoms with E-state index in [0.717, 1.165) is 12.4 Å². The molecule has 0 saturated carbocycles. The van der Waals surface area contributed by atoms with Crippen LogP contribution in [0.1, 0.15) is 0 Å². The van der Waals surface area contributed by atoms with Crippen molar-refractivity contribution in [1.29, 1.82) is 0 Å². The summed E-state index contributed by atoms with van der Waals surface area (Å²) < 4.78 is 35.8. The van der Waals surface area contributed by atoms with Crippen molar-refractivity contribution in [2.24, 2.45) is 0 Å². The number of aromatic nitrogens is 1. The first kappa shape index (κ1) is 12.2. The molecule has 1 aromatic heterocycles. The summed E-state index contributed by atoms with van der Waals surface area (Å²) in [6.45, 7) is 0. The van der Waals surface area contributed by atoms with Crippen LogP contribution in [0.2, 0.25) is 0 Å². The Morgan fingerprint density at radius 1 is 1.47 bits per heavy atom. The lowest BCUT2D eigenvalue weighted by molar-refractivity contribution is -0.386. The van der Waals surface area contributed by atoms with Crippen LogP contribution in [0.3, 0.4) is 0 Å². The van der Waals surface area contributed by atoms with Gasteiger partial charge in [0.1, 0.15) is 10.7 Å². The fraction of sp³-hybridized carbons (Fsp3) is 0.167. The molecule has 0 aromatic carbocycles. The van der Waals surface area contributed by atoms with Crippen LogP contribution in [0.5, 0.6) is 0 Å². The number of hydrogen-bond donors (Lipinski definition) is 0. The third-order valence-corrected chi connectivity index (χ3v) is 3.11. The molecule has 4 nitrogen and oxygen atoms in total. The molecule has 0 aliphatic rings. The fourth-order valence-electron chi connectivity index (χ4n) is 0.738. The molecule has 0 aliphatic heterocycles. The van der Waals surface area contributed by atoms with Gasteiger partial charge >= 0.3 is 11.2 Å². The van der Waals surface area contributed by atoms with Crippen molar-refractivity contribution in [1.82, 2.24) is 4.98 Å². The van der Waals surface area contributed by atoms with E-state index in [1.807, 2.05) is 0 Å². The van der Waals surface area contributed by atoms with E-state index in [-0.39, 0.29) is 9.37 Å². The summed E-state index contributed by atoms with van der Waals surface area (Å²) in [4.78, 5) is 12.6. The van der Waals surface area contributed by atoms with E-state index in [2.05, 4.69) is 20.9 Å². The summed E-state index contributed by atoms with van der Waals surface area (Å²) in [6, 6.07) is 0. The highest BCUT2D eigenvalue weighted by atomic mass is 79.9. The molecule has 0 saturated heterocycles. The lowest BCUT2D eigenvalue weighted by Crippen LogP contribution is -2.01. The Labute approximate surface area is 94.2 Å². The molecule has 1 heterocycles. The molecular formula is C6H2BrF3N2O2S. The van der Waals surface area contributed by atoms with Crippen molar-refractivity contribution in [2.75, 3.05) is 0 Å². The van der Waals surface area contributed by atoms with E-state index < -0.39 is 27.9 Å². The van der Waals surface area contributed by atoms with Crippen LogP contribution in [-0.4, -0.2) is 15.4 Å². The molecule has 0 radical (unpaired) electrons. The van der Waals surface area contributed by atoms with Crippen molar-refractivity contribution in [2.45, 2.75) is 10.4 Å². The Balaban J connectivity index is 3.10. The molecule has 9 heteroatoms. The molecule has 0 spiro atoms. The lowest BCUT2D eigenvalue weighted by atomic mass is 10.4. The third-order valence-electron chi connectivity index (χ3n) is 1.25. The normalized spacial score (nSPS) is 11.5. The van der Waals surface area contributed by atoms with Crippen molar-refractivity contribution in [3.8, 4) is 0 Å². The maximum Gasteiger partial charge on any atom is 0.446 e. The van der Waals surface area contributed by atoms with Gasteiger partial charge in [0.05, 0.1) is 9.82 Å². The summed E-state index contributed by atoms with van der Waals surface area (Å²) in [6.07, 6.45) is 1.79. The van der Waals surface area contributed by atoms with Gasteiger partial charge in [0, 0.05) is 6.20 Å². The molecule has 1 rings (SSSR count). The van der Waals surface area contributed by atoms with Crippen LogP contribution in [-0.2, 0) is 0 Å². The zero-order chi connectivity index (χ0) is 11.6. The second-order valence-corrected chi connectivity index (χ2v) is 4.18. The van der Waals surface area contributed by atoms with Gasteiger partial charge in [0.2, 0.25) is 0 Å². The monoisotopic (exact) mass is 302 g/mol. The van der Waals surface area contributed by atoms with Crippen LogP contribution >= 0.6 is 27.7 Å². The number of nitro groups is 1. The topological polar surface area (TPSA) is 56.0 Å². The average molecular weight is 303 g/mol. The highest BCUT2D eigenvalue weighted by Gasteiger charge is 2.32. The Morgan fingerprint density at radius 3 is 2.53 bits per heavy atom. The molecule has 0 aliphatic carbocycles. The van der Waals surface area contributed by atoms with Crippen LogP contribution in [0.15, 0.2) is 21.8 Å². The van der Waals surface area contributed by atoms with Crippen LogP contribution in [0.4, 0.5) is 18.9 Å². The summed E-state index contributed by atoms with van der Waals surface area (Å²) in [5.74, 6) is 0. The van der Waals surface area contributed by atoms with Gasteiger partial charge in [-0.25, -0.2) is 0 Å². The number of rotatable bonds is 2. The zero-order valence-electron chi connectivity index (χ0n) is 6.79. The molecule has 82 valence electrons. The van der Waals surface area contributed by atoms with Crippen molar-refractivity contribution in [3.05, 3.63) is 27.0 Å². The number of nitrogens with zero attached hydrogens (tertiary/aromatic N) is 2. The van der Waals surface area contributed by atoms with E-state index in [1.165, 1.54) is 0 Å². The molecule has 1 aromatic rings. The number of hydrogen-bond acceptors (Lipinski definition) is 4. The smallest absolute Gasteiger partial charge is 0.258 e. The molecular weight excluding hydrogens is 301 g/mol. The molecule has 15 heavy (non-hydrogen) atoms. The van der Waals surface area contributed by atoms with Gasteiger partial charge < -0.3 is 0 Å². The van der Waals surface area contributed by atoms with E-state index in [4.69, 9.17) is 0 Å². The Bertz CT molecular complexity index is 398. The summed E-state index contributed by atoms with van der Waals surface area (Å²) >= 11 is 2.28. The van der Waals surface area contributed by atoms with Gasteiger partial charge in [0.25, 0.3) is 0 Å². The molecule has 0 unspecified atom stereocenters. The van der Waals surface area contributed by atoms with Gasteiger partial charge in [-0.1, -0.05) is 0 Å². The van der Waals surface area contributed by atoms with Crippen LogP contribution < -0.4 is 0 Å². The number of alkyl halides is 3. The van der Waals surface area contributed by atoms with Gasteiger partial charge in [-0.3, -0.25) is 15.1 Å². The summed E-state index contributed by atoms with van der Waals surface area (Å²) in [5, 5.41) is 10.4. The second-order valence-electron chi connectivity index (χ2n) is 2.28. The number of thioether (sulfide) groups is 1. The first-order valence-electron chi connectivity index (χ1n) is 3.35. The van der Waals surface area contributed by atoms with Gasteiger partial charge in [-0.05, 0) is 27.7 Å². The number of halogens is 4. The summed E-state index contributed by atoms with van der Waals surface area (Å²) in [5.41, 5.74) is -5.00. The quantitative estimate of drug-likeness (QED) is 0.477. The van der Waals surface area contributed by atoms with Crippen LogP contribution in [0, 0.1) is 10.1 Å². The lowest BCUT2D eigenvalue weighted by Gasteiger charge is -2.06. The predicted molar refractivity (Wildman–Crippen MR) is 50.5 cm³/mol. The van der Waals surface area contributed by atoms with Crippen LogP contribution in [0.25, 0.3) is 0 Å². The van der Waals surface area contributed by atoms with Crippen molar-refractivity contribution >= 4 is 33.4 Å². The average Bonchev–Trinajstić information content (AvgIpc) is 2.05. The van der Waals surface area contributed by atoms with E-state index >= 15 is 0 Å². The molecule has 0 fully saturated rings. The fourth-order valence-corrected chi connectivity index (χ4v) is 1.89. The zero-order valence-corrected chi connectivity index (χ0v) is 9.19. The first-order valence-corrected chi connectivity index (χ1v) is 4.96. The molecule has 0 amide bonds. The van der Waals surface area contributed by atoms with Gasteiger partial charge in [0.15, 0.2) is 0 Å². The van der Waals surface area contributed by atoms with E-state index in [0.29, 0.717) is 0 Å². The highest BCUT2D eigenvalue weighted by Crippen LogP contribution is 2.42. The minimum absolute atomic E-state index is 0.218. The van der Waals surface area contributed by atoms with Crippen molar-refractivity contribution < 1.29 is 18.1 Å². The molecule has 0 atom stereocenters. The SMILES string of the molecule is O=[N+]([O-])c1cncc(SC(F)(F)F)c1Br. The Hall–Kier alpha value is -0.830. The molecule has 0 bridgehead atoms. The minimum atomic E-state index is -4.50. The van der Waals surface area contributed by atoms with E-state index in [9.17, 15) is 23.3 Å². The van der Waals surface area contributed by atoms with Crippen molar-refractivity contribution in [3.63, 3.8) is 0 Å². The Kier molecular flexibility index (Phi) is 3.55. The maximum atomic E-state index is 12.0. The Morgan fingerprint density at radius 2 is 2.07 bits per heavy atom. The first-order chi connectivity index (χ1) is 6.81. The predicted octanol–water partition coefficient (Wildman–Crippen LogP) is 3.36. The second kappa shape index (κ2) is 4.35.